The monoisotopic (exact) mass is 332 g/mol. The maximum absolute atomic E-state index is 13.1. The first-order valence-corrected chi connectivity index (χ1v) is 9.29. The standard InChI is InChI=1S/C20H29FN2O/c1-3-22(2)18-14-20(11-5-4-6-12-20)23(15-18)19(24)13-16-7-9-17(21)10-8-16/h7-10,18H,3-6,11-15H2,1-2H3/t18-/m0/s1. The van der Waals surface area contributed by atoms with Crippen LogP contribution in [0, 0.1) is 5.82 Å². The van der Waals surface area contributed by atoms with E-state index in [4.69, 9.17) is 0 Å². The molecule has 1 aliphatic carbocycles. The van der Waals surface area contributed by atoms with Crippen molar-refractivity contribution in [2.75, 3.05) is 20.1 Å². The summed E-state index contributed by atoms with van der Waals surface area (Å²) in [4.78, 5) is 17.6. The van der Waals surface area contributed by atoms with E-state index in [1.807, 2.05) is 0 Å². The molecule has 0 N–H and O–H groups in total. The van der Waals surface area contributed by atoms with Gasteiger partial charge < -0.3 is 9.80 Å². The van der Waals surface area contributed by atoms with Gasteiger partial charge in [0.2, 0.25) is 5.91 Å². The van der Waals surface area contributed by atoms with Crippen LogP contribution in [0.4, 0.5) is 4.39 Å². The average molecular weight is 332 g/mol. The van der Waals surface area contributed by atoms with E-state index in [1.54, 1.807) is 12.1 Å². The van der Waals surface area contributed by atoms with Crippen LogP contribution in [0.2, 0.25) is 0 Å². The van der Waals surface area contributed by atoms with Gasteiger partial charge in [-0.25, -0.2) is 4.39 Å². The highest BCUT2D eigenvalue weighted by Crippen LogP contribution is 2.43. The number of benzene rings is 1. The molecule has 0 unspecified atom stereocenters. The summed E-state index contributed by atoms with van der Waals surface area (Å²) in [6.07, 6.45) is 7.49. The minimum absolute atomic E-state index is 0.0590. The summed E-state index contributed by atoms with van der Waals surface area (Å²) in [5.41, 5.74) is 0.961. The highest BCUT2D eigenvalue weighted by Gasteiger charge is 2.48. The summed E-state index contributed by atoms with van der Waals surface area (Å²) >= 11 is 0. The molecule has 3 nitrogen and oxygen atoms in total. The number of halogens is 1. The highest BCUT2D eigenvalue weighted by atomic mass is 19.1. The second-order valence-corrected chi connectivity index (χ2v) is 7.52. The SMILES string of the molecule is CCN(C)[C@@H]1CN(C(=O)Cc2ccc(F)cc2)C2(CCCCC2)C1. The number of amides is 1. The molecule has 1 aliphatic heterocycles. The van der Waals surface area contributed by atoms with Gasteiger partial charge in [0, 0.05) is 18.1 Å². The number of hydrogen-bond acceptors (Lipinski definition) is 2. The number of hydrogen-bond donors (Lipinski definition) is 0. The molecule has 1 atom stereocenters. The van der Waals surface area contributed by atoms with Crippen molar-refractivity contribution in [1.82, 2.24) is 9.80 Å². The second kappa shape index (κ2) is 7.22. The van der Waals surface area contributed by atoms with E-state index in [0.717, 1.165) is 37.9 Å². The molecule has 2 aliphatic rings. The van der Waals surface area contributed by atoms with Crippen LogP contribution in [0.3, 0.4) is 0 Å². The number of likely N-dealkylation sites (N-methyl/N-ethyl adjacent to an activating group) is 1. The molecule has 1 amide bonds. The van der Waals surface area contributed by atoms with Crippen LogP contribution in [0.5, 0.6) is 0 Å². The summed E-state index contributed by atoms with van der Waals surface area (Å²) in [7, 11) is 2.16. The molecular formula is C20H29FN2O. The molecule has 1 aromatic rings. The maximum atomic E-state index is 13.1. The molecule has 132 valence electrons. The lowest BCUT2D eigenvalue weighted by Gasteiger charge is -2.41. The third kappa shape index (κ3) is 3.49. The molecule has 1 aromatic carbocycles. The summed E-state index contributed by atoms with van der Waals surface area (Å²) in [6, 6.07) is 6.80. The molecule has 1 saturated heterocycles. The van der Waals surface area contributed by atoms with Gasteiger partial charge in [0.1, 0.15) is 5.82 Å². The van der Waals surface area contributed by atoms with Gasteiger partial charge in [0.25, 0.3) is 0 Å². The zero-order valence-corrected chi connectivity index (χ0v) is 14.9. The van der Waals surface area contributed by atoms with E-state index in [9.17, 15) is 9.18 Å². The van der Waals surface area contributed by atoms with Crippen LogP contribution >= 0.6 is 0 Å². The third-order valence-corrected chi connectivity index (χ3v) is 6.06. The van der Waals surface area contributed by atoms with Gasteiger partial charge in [-0.3, -0.25) is 4.79 Å². The fourth-order valence-corrected chi connectivity index (χ4v) is 4.49. The maximum Gasteiger partial charge on any atom is 0.227 e. The predicted molar refractivity (Wildman–Crippen MR) is 94.3 cm³/mol. The molecule has 0 aromatic heterocycles. The Balaban J connectivity index is 1.77. The van der Waals surface area contributed by atoms with E-state index in [-0.39, 0.29) is 17.3 Å². The summed E-state index contributed by atoms with van der Waals surface area (Å²) in [5.74, 6) is -0.0451. The Hall–Kier alpha value is -1.42. The average Bonchev–Trinajstić information content (AvgIpc) is 2.96. The second-order valence-electron chi connectivity index (χ2n) is 7.52. The topological polar surface area (TPSA) is 23.6 Å². The third-order valence-electron chi connectivity index (χ3n) is 6.06. The Labute approximate surface area is 144 Å². The highest BCUT2D eigenvalue weighted by molar-refractivity contribution is 5.80. The Morgan fingerprint density at radius 2 is 1.92 bits per heavy atom. The van der Waals surface area contributed by atoms with Crippen molar-refractivity contribution in [3.05, 3.63) is 35.6 Å². The quantitative estimate of drug-likeness (QED) is 0.841. The molecule has 24 heavy (non-hydrogen) atoms. The molecule has 1 spiro atoms. The number of carbonyl (C=O) groups excluding carboxylic acids is 1. The van der Waals surface area contributed by atoms with Gasteiger partial charge in [0.05, 0.1) is 6.42 Å². The van der Waals surface area contributed by atoms with E-state index in [1.165, 1.54) is 31.4 Å². The minimum Gasteiger partial charge on any atom is -0.335 e. The predicted octanol–water partition coefficient (Wildman–Crippen LogP) is 3.62. The van der Waals surface area contributed by atoms with Crippen LogP contribution in [-0.4, -0.2) is 47.4 Å². The molecule has 1 saturated carbocycles. The Bertz CT molecular complexity index is 566. The fraction of sp³-hybridized carbons (Fsp3) is 0.650. The summed E-state index contributed by atoms with van der Waals surface area (Å²) in [5, 5.41) is 0. The van der Waals surface area contributed by atoms with Crippen molar-refractivity contribution in [1.29, 1.82) is 0 Å². The van der Waals surface area contributed by atoms with Crippen molar-refractivity contribution >= 4 is 5.91 Å². The molecule has 1 heterocycles. The van der Waals surface area contributed by atoms with Crippen LogP contribution in [-0.2, 0) is 11.2 Å². The number of nitrogens with zero attached hydrogens (tertiary/aromatic N) is 2. The van der Waals surface area contributed by atoms with Crippen molar-refractivity contribution in [2.45, 2.75) is 63.5 Å². The molecule has 0 bridgehead atoms. The first-order chi connectivity index (χ1) is 11.5. The van der Waals surface area contributed by atoms with E-state index < -0.39 is 0 Å². The number of rotatable bonds is 4. The largest absolute Gasteiger partial charge is 0.335 e. The summed E-state index contributed by atoms with van der Waals surface area (Å²) in [6.45, 7) is 4.03. The van der Waals surface area contributed by atoms with Crippen molar-refractivity contribution in [2.24, 2.45) is 0 Å². The zero-order chi connectivity index (χ0) is 17.2. The molecule has 0 radical (unpaired) electrons. The summed E-state index contributed by atoms with van der Waals surface area (Å²) < 4.78 is 13.1. The zero-order valence-electron chi connectivity index (χ0n) is 14.9. The van der Waals surface area contributed by atoms with Gasteiger partial charge in [0.15, 0.2) is 0 Å². The molecule has 2 fully saturated rings. The van der Waals surface area contributed by atoms with Crippen LogP contribution in [0.1, 0.15) is 51.0 Å². The Morgan fingerprint density at radius 1 is 1.25 bits per heavy atom. The lowest BCUT2D eigenvalue weighted by molar-refractivity contribution is -0.135. The normalized spacial score (nSPS) is 23.2. The Morgan fingerprint density at radius 3 is 2.54 bits per heavy atom. The Kier molecular flexibility index (Phi) is 5.24. The van der Waals surface area contributed by atoms with E-state index in [0.29, 0.717) is 12.5 Å². The smallest absolute Gasteiger partial charge is 0.227 e. The van der Waals surface area contributed by atoms with Crippen molar-refractivity contribution < 1.29 is 9.18 Å². The van der Waals surface area contributed by atoms with E-state index >= 15 is 0 Å². The van der Waals surface area contributed by atoms with Gasteiger partial charge in [-0.15, -0.1) is 0 Å². The fourth-order valence-electron chi connectivity index (χ4n) is 4.49. The molecule has 4 heteroatoms. The van der Waals surface area contributed by atoms with Gasteiger partial charge >= 0.3 is 0 Å². The minimum atomic E-state index is -0.249. The molecule has 3 rings (SSSR count). The van der Waals surface area contributed by atoms with E-state index in [2.05, 4.69) is 23.8 Å². The first kappa shape index (κ1) is 17.4. The van der Waals surface area contributed by atoms with Crippen molar-refractivity contribution in [3.8, 4) is 0 Å². The first-order valence-electron chi connectivity index (χ1n) is 9.29. The van der Waals surface area contributed by atoms with Gasteiger partial charge in [-0.05, 0) is 50.6 Å². The van der Waals surface area contributed by atoms with Crippen molar-refractivity contribution in [3.63, 3.8) is 0 Å². The lowest BCUT2D eigenvalue weighted by Crippen LogP contribution is -2.49. The number of carbonyl (C=O) groups is 1. The van der Waals surface area contributed by atoms with Crippen LogP contribution < -0.4 is 0 Å². The van der Waals surface area contributed by atoms with Crippen LogP contribution in [0.25, 0.3) is 0 Å². The van der Waals surface area contributed by atoms with Gasteiger partial charge in [-0.2, -0.15) is 0 Å². The number of likely N-dealkylation sites (tertiary alicyclic amines) is 1. The lowest BCUT2D eigenvalue weighted by atomic mass is 9.79. The molecular weight excluding hydrogens is 303 g/mol. The van der Waals surface area contributed by atoms with Crippen LogP contribution in [0.15, 0.2) is 24.3 Å². The van der Waals surface area contributed by atoms with Gasteiger partial charge in [-0.1, -0.05) is 38.3 Å².